The lowest BCUT2D eigenvalue weighted by molar-refractivity contribution is -0.145. The molecule has 0 aliphatic heterocycles. The normalized spacial score (nSPS) is 19.3. The molecule has 1 saturated carbocycles. The van der Waals surface area contributed by atoms with Gasteiger partial charge in [-0.2, -0.15) is 0 Å². The lowest BCUT2D eigenvalue weighted by Gasteiger charge is -2.33. The molecule has 1 N–H and O–H groups in total. The number of anilines is 1. The Morgan fingerprint density at radius 1 is 1.53 bits per heavy atom. The van der Waals surface area contributed by atoms with Crippen molar-refractivity contribution in [1.29, 1.82) is 0 Å². The van der Waals surface area contributed by atoms with Gasteiger partial charge in [-0.1, -0.05) is 0 Å². The number of pyridine rings is 1. The van der Waals surface area contributed by atoms with Gasteiger partial charge in [0.05, 0.1) is 11.9 Å². The minimum absolute atomic E-state index is 0.348. The van der Waals surface area contributed by atoms with Gasteiger partial charge >= 0.3 is 0 Å². The SMILES string of the molecule is O=C(Nc1cccnc1)C1CC(F)(F)C1. The number of hydrogen-bond donors (Lipinski definition) is 1. The molecule has 0 radical (unpaired) electrons. The molecular weight excluding hydrogens is 202 g/mol. The van der Waals surface area contributed by atoms with Gasteiger partial charge in [-0.15, -0.1) is 0 Å². The maximum Gasteiger partial charge on any atom is 0.249 e. The van der Waals surface area contributed by atoms with Crippen LogP contribution >= 0.6 is 0 Å². The van der Waals surface area contributed by atoms with Crippen molar-refractivity contribution in [3.63, 3.8) is 0 Å². The summed E-state index contributed by atoms with van der Waals surface area (Å²) in [4.78, 5) is 15.2. The molecule has 0 spiro atoms. The van der Waals surface area contributed by atoms with Crippen LogP contribution in [-0.4, -0.2) is 16.8 Å². The van der Waals surface area contributed by atoms with E-state index in [9.17, 15) is 13.6 Å². The largest absolute Gasteiger partial charge is 0.324 e. The Balaban J connectivity index is 1.89. The highest BCUT2D eigenvalue weighted by Crippen LogP contribution is 2.42. The van der Waals surface area contributed by atoms with E-state index in [1.165, 1.54) is 6.20 Å². The lowest BCUT2D eigenvalue weighted by atomic mass is 9.81. The maximum atomic E-state index is 12.5. The Kier molecular flexibility index (Phi) is 2.38. The molecule has 1 amide bonds. The highest BCUT2D eigenvalue weighted by atomic mass is 19.3. The van der Waals surface area contributed by atoms with Crippen molar-refractivity contribution < 1.29 is 13.6 Å². The van der Waals surface area contributed by atoms with Gasteiger partial charge in [-0.3, -0.25) is 9.78 Å². The van der Waals surface area contributed by atoms with Crippen LogP contribution in [-0.2, 0) is 4.79 Å². The number of nitrogens with zero attached hydrogens (tertiary/aromatic N) is 1. The minimum atomic E-state index is -2.66. The number of rotatable bonds is 2. The summed E-state index contributed by atoms with van der Waals surface area (Å²) in [5.74, 6) is -3.58. The number of hydrogen-bond acceptors (Lipinski definition) is 2. The molecule has 0 atom stereocenters. The van der Waals surface area contributed by atoms with Gasteiger partial charge < -0.3 is 5.32 Å². The van der Waals surface area contributed by atoms with Gasteiger partial charge in [0.15, 0.2) is 0 Å². The number of nitrogens with one attached hydrogen (secondary N) is 1. The van der Waals surface area contributed by atoms with Gasteiger partial charge in [-0.05, 0) is 12.1 Å². The van der Waals surface area contributed by atoms with Gasteiger partial charge in [0, 0.05) is 25.0 Å². The van der Waals surface area contributed by atoms with E-state index in [4.69, 9.17) is 0 Å². The summed E-state index contributed by atoms with van der Waals surface area (Å²) < 4.78 is 25.0. The van der Waals surface area contributed by atoms with Crippen LogP contribution in [0.2, 0.25) is 0 Å². The summed E-state index contributed by atoms with van der Waals surface area (Å²) in [6.07, 6.45) is 2.36. The van der Waals surface area contributed by atoms with Gasteiger partial charge in [0.25, 0.3) is 0 Å². The first-order chi connectivity index (χ1) is 7.07. The highest BCUT2D eigenvalue weighted by molar-refractivity contribution is 5.93. The molecule has 0 bridgehead atoms. The highest BCUT2D eigenvalue weighted by Gasteiger charge is 2.48. The Morgan fingerprint density at radius 2 is 2.27 bits per heavy atom. The van der Waals surface area contributed by atoms with Crippen molar-refractivity contribution in [3.05, 3.63) is 24.5 Å². The summed E-state index contributed by atoms with van der Waals surface area (Å²) in [6, 6.07) is 3.34. The van der Waals surface area contributed by atoms with Crippen LogP contribution in [0.3, 0.4) is 0 Å². The molecule has 1 heterocycles. The van der Waals surface area contributed by atoms with E-state index in [2.05, 4.69) is 10.3 Å². The van der Waals surface area contributed by atoms with Crippen LogP contribution in [0.1, 0.15) is 12.8 Å². The molecule has 1 aromatic heterocycles. The van der Waals surface area contributed by atoms with Gasteiger partial charge in [0.1, 0.15) is 0 Å². The Bertz CT molecular complexity index is 359. The molecular formula is C10H10F2N2O. The number of aromatic nitrogens is 1. The number of carbonyl (C=O) groups excluding carboxylic acids is 1. The molecule has 80 valence electrons. The van der Waals surface area contributed by atoms with E-state index in [0.29, 0.717) is 5.69 Å². The summed E-state index contributed by atoms with van der Waals surface area (Å²) >= 11 is 0. The van der Waals surface area contributed by atoms with Crippen molar-refractivity contribution in [2.45, 2.75) is 18.8 Å². The lowest BCUT2D eigenvalue weighted by Crippen LogP contribution is -2.42. The van der Waals surface area contributed by atoms with Crippen LogP contribution in [0.4, 0.5) is 14.5 Å². The van der Waals surface area contributed by atoms with E-state index >= 15 is 0 Å². The maximum absolute atomic E-state index is 12.5. The molecule has 3 nitrogen and oxygen atoms in total. The van der Waals surface area contributed by atoms with E-state index in [1.54, 1.807) is 18.3 Å². The molecule has 1 aliphatic rings. The van der Waals surface area contributed by atoms with Crippen LogP contribution in [0.15, 0.2) is 24.5 Å². The van der Waals surface area contributed by atoms with Crippen molar-refractivity contribution in [3.8, 4) is 0 Å². The topological polar surface area (TPSA) is 42.0 Å². The molecule has 0 aromatic carbocycles. The fraction of sp³-hybridized carbons (Fsp3) is 0.400. The Labute approximate surface area is 85.5 Å². The predicted octanol–water partition coefficient (Wildman–Crippen LogP) is 2.07. The number of halogens is 2. The second-order valence-electron chi connectivity index (χ2n) is 3.69. The van der Waals surface area contributed by atoms with E-state index in [1.807, 2.05) is 0 Å². The first-order valence-electron chi connectivity index (χ1n) is 4.65. The van der Waals surface area contributed by atoms with Crippen LogP contribution in [0, 0.1) is 5.92 Å². The van der Waals surface area contributed by atoms with Crippen molar-refractivity contribution in [2.24, 2.45) is 5.92 Å². The number of amides is 1. The second kappa shape index (κ2) is 3.56. The van der Waals surface area contributed by atoms with Crippen molar-refractivity contribution >= 4 is 11.6 Å². The zero-order chi connectivity index (χ0) is 10.9. The molecule has 5 heteroatoms. The van der Waals surface area contributed by atoms with Crippen molar-refractivity contribution in [1.82, 2.24) is 4.98 Å². The summed E-state index contributed by atoms with van der Waals surface area (Å²) in [5, 5.41) is 2.55. The summed E-state index contributed by atoms with van der Waals surface area (Å²) in [6.45, 7) is 0. The molecule has 1 aliphatic carbocycles. The smallest absolute Gasteiger partial charge is 0.249 e. The zero-order valence-electron chi connectivity index (χ0n) is 7.91. The quantitative estimate of drug-likeness (QED) is 0.815. The first-order valence-corrected chi connectivity index (χ1v) is 4.65. The summed E-state index contributed by atoms with van der Waals surface area (Å²) in [5.41, 5.74) is 0.540. The third-order valence-electron chi connectivity index (χ3n) is 2.39. The molecule has 1 fully saturated rings. The van der Waals surface area contributed by atoms with E-state index in [-0.39, 0.29) is 18.7 Å². The predicted molar refractivity (Wildman–Crippen MR) is 50.5 cm³/mol. The fourth-order valence-corrected chi connectivity index (χ4v) is 1.53. The standard InChI is InChI=1S/C10H10F2N2O/c11-10(12)4-7(5-10)9(15)14-8-2-1-3-13-6-8/h1-3,6-7H,4-5H2,(H,14,15). The molecule has 0 unspecified atom stereocenters. The second-order valence-corrected chi connectivity index (χ2v) is 3.69. The summed E-state index contributed by atoms with van der Waals surface area (Å²) in [7, 11) is 0. The Morgan fingerprint density at radius 3 is 2.80 bits per heavy atom. The minimum Gasteiger partial charge on any atom is -0.324 e. The van der Waals surface area contributed by atoms with Gasteiger partial charge in [-0.25, -0.2) is 8.78 Å². The fourth-order valence-electron chi connectivity index (χ4n) is 1.53. The monoisotopic (exact) mass is 212 g/mol. The average molecular weight is 212 g/mol. The zero-order valence-corrected chi connectivity index (χ0v) is 7.91. The number of carbonyl (C=O) groups is 1. The molecule has 1 aromatic rings. The van der Waals surface area contributed by atoms with Crippen LogP contribution < -0.4 is 5.32 Å². The first kappa shape index (κ1) is 10.0. The Hall–Kier alpha value is -1.52. The van der Waals surface area contributed by atoms with E-state index < -0.39 is 11.8 Å². The molecule has 0 saturated heterocycles. The third kappa shape index (κ3) is 2.29. The van der Waals surface area contributed by atoms with Gasteiger partial charge in [0.2, 0.25) is 11.8 Å². The molecule has 2 rings (SSSR count). The molecule has 15 heavy (non-hydrogen) atoms. The van der Waals surface area contributed by atoms with Crippen LogP contribution in [0.25, 0.3) is 0 Å². The van der Waals surface area contributed by atoms with E-state index in [0.717, 1.165) is 0 Å². The van der Waals surface area contributed by atoms with Crippen LogP contribution in [0.5, 0.6) is 0 Å². The third-order valence-corrected chi connectivity index (χ3v) is 2.39. The number of alkyl halides is 2. The van der Waals surface area contributed by atoms with Crippen molar-refractivity contribution in [2.75, 3.05) is 5.32 Å². The average Bonchev–Trinajstić information content (AvgIpc) is 2.15.